The number of aromatic nitrogens is 3. The molecule has 0 bridgehead atoms. The number of carbonyl (C=O) groups is 2. The second-order valence-electron chi connectivity index (χ2n) is 9.17. The summed E-state index contributed by atoms with van der Waals surface area (Å²) in [6.07, 6.45) is 4.55. The molecule has 2 aromatic heterocycles. The maximum Gasteiger partial charge on any atom is 0.342 e. The number of aryl methyl sites for hydroxylation is 1. The fourth-order valence-corrected chi connectivity index (χ4v) is 4.42. The summed E-state index contributed by atoms with van der Waals surface area (Å²) in [5.74, 6) is -0.211. The number of hydrogen-bond acceptors (Lipinski definition) is 5. The van der Waals surface area contributed by atoms with Crippen LogP contribution in [0.3, 0.4) is 0 Å². The van der Waals surface area contributed by atoms with Crippen LogP contribution in [0, 0.1) is 6.92 Å². The van der Waals surface area contributed by atoms with E-state index in [2.05, 4.69) is 20.7 Å². The zero-order chi connectivity index (χ0) is 25.9. The van der Waals surface area contributed by atoms with Gasteiger partial charge in [0.05, 0.1) is 17.0 Å². The molecule has 1 saturated carbocycles. The van der Waals surface area contributed by atoms with E-state index in [4.69, 9.17) is 11.6 Å². The highest BCUT2D eigenvalue weighted by atomic mass is 35.5. The Kier molecular flexibility index (Phi) is 6.92. The minimum absolute atomic E-state index is 0.0118. The van der Waals surface area contributed by atoms with Crippen molar-refractivity contribution in [3.63, 3.8) is 0 Å². The average molecular weight is 516 g/mol. The first kappa shape index (κ1) is 24.5. The predicted octanol–water partition coefficient (Wildman–Crippen LogP) is 5.89. The number of benzene rings is 2. The molecule has 0 saturated heterocycles. The highest BCUT2D eigenvalue weighted by Crippen LogP contribution is 2.39. The van der Waals surface area contributed by atoms with Crippen molar-refractivity contribution in [1.82, 2.24) is 20.1 Å². The monoisotopic (exact) mass is 515 g/mol. The highest BCUT2D eigenvalue weighted by Gasteiger charge is 2.27. The molecular formula is C28H26ClN5O3. The number of carbonyl (C=O) groups excluding carboxylic acids is 2. The Labute approximate surface area is 219 Å². The van der Waals surface area contributed by atoms with Gasteiger partial charge in [-0.15, -0.1) is 0 Å². The van der Waals surface area contributed by atoms with Crippen molar-refractivity contribution in [2.75, 3.05) is 5.32 Å². The molecule has 188 valence electrons. The molecule has 0 spiro atoms. The molecule has 9 heteroatoms. The third-order valence-electron chi connectivity index (χ3n) is 6.55. The van der Waals surface area contributed by atoms with Gasteiger partial charge >= 0.3 is 6.03 Å². The minimum atomic E-state index is -0.425. The summed E-state index contributed by atoms with van der Waals surface area (Å²) < 4.78 is 1.40. The lowest BCUT2D eigenvalue weighted by molar-refractivity contribution is 0.102. The number of nitrogens with zero attached hydrogens (tertiary/aromatic N) is 3. The van der Waals surface area contributed by atoms with Crippen molar-refractivity contribution in [2.45, 2.75) is 38.6 Å². The highest BCUT2D eigenvalue weighted by molar-refractivity contribution is 6.33. The van der Waals surface area contributed by atoms with Crippen LogP contribution < -0.4 is 10.6 Å². The molecule has 2 amide bonds. The van der Waals surface area contributed by atoms with Crippen LogP contribution >= 0.6 is 11.6 Å². The van der Waals surface area contributed by atoms with Crippen LogP contribution in [0.4, 0.5) is 10.5 Å². The van der Waals surface area contributed by atoms with Gasteiger partial charge in [-0.3, -0.25) is 4.79 Å². The molecule has 0 unspecified atom stereocenters. The molecule has 1 aliphatic rings. The van der Waals surface area contributed by atoms with Gasteiger partial charge < -0.3 is 15.7 Å². The summed E-state index contributed by atoms with van der Waals surface area (Å²) in [5.41, 5.74) is 4.48. The normalized spacial score (nSPS) is 13.1. The Morgan fingerprint density at radius 2 is 1.89 bits per heavy atom. The van der Waals surface area contributed by atoms with Crippen LogP contribution in [-0.4, -0.2) is 31.8 Å². The standard InChI is InChI=1S/C28H26ClN5O3/c1-17-7-9-18(10-8-17)16-31-28(37)34-24(19-4-2-5-19)15-23(33-34)22-14-20(11-12-25(22)35)32-27(36)21-6-3-13-30-26(21)29/h3,6-15,19,35H,2,4-5,16H2,1H3,(H,31,37)(H,32,36). The molecule has 8 nitrogen and oxygen atoms in total. The van der Waals surface area contributed by atoms with Gasteiger partial charge in [0.15, 0.2) is 0 Å². The van der Waals surface area contributed by atoms with Crippen molar-refractivity contribution in [3.05, 3.63) is 94.4 Å². The van der Waals surface area contributed by atoms with Gasteiger partial charge in [0.2, 0.25) is 0 Å². The van der Waals surface area contributed by atoms with E-state index in [0.717, 1.165) is 36.1 Å². The van der Waals surface area contributed by atoms with E-state index in [9.17, 15) is 14.7 Å². The van der Waals surface area contributed by atoms with Gasteiger partial charge in [0, 0.05) is 29.9 Å². The molecule has 5 rings (SSSR count). The number of pyridine rings is 1. The van der Waals surface area contributed by atoms with Gasteiger partial charge in [-0.1, -0.05) is 47.9 Å². The molecule has 37 heavy (non-hydrogen) atoms. The third kappa shape index (κ3) is 5.34. The largest absolute Gasteiger partial charge is 0.507 e. The topological polar surface area (TPSA) is 109 Å². The van der Waals surface area contributed by atoms with Crippen molar-refractivity contribution in [2.24, 2.45) is 0 Å². The quantitative estimate of drug-likeness (QED) is 0.219. The molecule has 2 heterocycles. The Morgan fingerprint density at radius 3 is 2.59 bits per heavy atom. The second-order valence-corrected chi connectivity index (χ2v) is 9.52. The van der Waals surface area contributed by atoms with E-state index in [1.54, 1.807) is 24.3 Å². The number of amides is 2. The number of nitrogens with one attached hydrogen (secondary N) is 2. The zero-order valence-electron chi connectivity index (χ0n) is 20.2. The van der Waals surface area contributed by atoms with Crippen LogP contribution in [0.15, 0.2) is 66.9 Å². The molecule has 0 aliphatic heterocycles. The minimum Gasteiger partial charge on any atom is -0.507 e. The summed E-state index contributed by atoms with van der Waals surface area (Å²) in [6, 6.07) is 17.4. The van der Waals surface area contributed by atoms with Crippen molar-refractivity contribution in [3.8, 4) is 17.0 Å². The summed E-state index contributed by atoms with van der Waals surface area (Å²) in [7, 11) is 0. The number of halogens is 1. The molecular weight excluding hydrogens is 490 g/mol. The first-order chi connectivity index (χ1) is 17.9. The average Bonchev–Trinajstić information content (AvgIpc) is 3.28. The lowest BCUT2D eigenvalue weighted by Crippen LogP contribution is -2.31. The molecule has 3 N–H and O–H groups in total. The lowest BCUT2D eigenvalue weighted by Gasteiger charge is -2.25. The van der Waals surface area contributed by atoms with Crippen molar-refractivity contribution in [1.29, 1.82) is 0 Å². The molecule has 1 aliphatic carbocycles. The van der Waals surface area contributed by atoms with Crippen LogP contribution in [0.25, 0.3) is 11.3 Å². The van der Waals surface area contributed by atoms with Gasteiger partial charge in [0.1, 0.15) is 10.9 Å². The molecule has 0 radical (unpaired) electrons. The Balaban J connectivity index is 1.40. The molecule has 1 fully saturated rings. The van der Waals surface area contributed by atoms with Crippen LogP contribution in [0.5, 0.6) is 5.75 Å². The fourth-order valence-electron chi connectivity index (χ4n) is 4.22. The van der Waals surface area contributed by atoms with Gasteiger partial charge in [-0.2, -0.15) is 9.78 Å². The van der Waals surface area contributed by atoms with E-state index >= 15 is 0 Å². The zero-order valence-corrected chi connectivity index (χ0v) is 21.0. The predicted molar refractivity (Wildman–Crippen MR) is 142 cm³/mol. The summed E-state index contributed by atoms with van der Waals surface area (Å²) in [4.78, 5) is 29.8. The Morgan fingerprint density at radius 1 is 1.11 bits per heavy atom. The number of phenolic OH excluding ortho intramolecular Hbond substituents is 1. The number of rotatable bonds is 6. The summed E-state index contributed by atoms with van der Waals surface area (Å²) in [6.45, 7) is 2.39. The maximum absolute atomic E-state index is 13.1. The maximum atomic E-state index is 13.1. The van der Waals surface area contributed by atoms with Crippen LogP contribution in [0.2, 0.25) is 5.15 Å². The van der Waals surface area contributed by atoms with Gasteiger partial charge in [-0.25, -0.2) is 9.78 Å². The van der Waals surface area contributed by atoms with Crippen molar-refractivity contribution < 1.29 is 14.7 Å². The van der Waals surface area contributed by atoms with E-state index < -0.39 is 5.91 Å². The number of anilines is 1. The smallest absolute Gasteiger partial charge is 0.342 e. The van der Waals surface area contributed by atoms with Crippen LogP contribution in [-0.2, 0) is 6.54 Å². The number of hydrogen-bond donors (Lipinski definition) is 3. The first-order valence-corrected chi connectivity index (χ1v) is 12.5. The van der Waals surface area contributed by atoms with E-state index in [0.29, 0.717) is 23.5 Å². The van der Waals surface area contributed by atoms with Crippen molar-refractivity contribution >= 4 is 29.2 Å². The SMILES string of the molecule is Cc1ccc(CNC(=O)n2nc(-c3cc(NC(=O)c4cccnc4Cl)ccc3O)cc2C2CCC2)cc1. The fraction of sp³-hybridized carbons (Fsp3) is 0.214. The van der Waals surface area contributed by atoms with Gasteiger partial charge in [-0.05, 0) is 61.7 Å². The molecule has 0 atom stereocenters. The summed E-state index contributed by atoms with van der Waals surface area (Å²) in [5, 5.41) is 21.0. The first-order valence-electron chi connectivity index (χ1n) is 12.1. The number of aromatic hydroxyl groups is 1. The van der Waals surface area contributed by atoms with Gasteiger partial charge in [0.25, 0.3) is 5.91 Å². The summed E-state index contributed by atoms with van der Waals surface area (Å²) >= 11 is 6.05. The molecule has 2 aromatic carbocycles. The van der Waals surface area contributed by atoms with E-state index in [1.807, 2.05) is 37.3 Å². The Hall–Kier alpha value is -4.17. The Bertz CT molecular complexity index is 1460. The van der Waals surface area contributed by atoms with E-state index in [-0.39, 0.29) is 28.4 Å². The number of phenols is 1. The third-order valence-corrected chi connectivity index (χ3v) is 6.85. The van der Waals surface area contributed by atoms with Crippen LogP contribution in [0.1, 0.15) is 52.4 Å². The second kappa shape index (κ2) is 10.4. The molecule has 4 aromatic rings. The van der Waals surface area contributed by atoms with E-state index in [1.165, 1.54) is 16.9 Å². The lowest BCUT2D eigenvalue weighted by atomic mass is 9.82.